The molecule has 1 fully saturated rings. The summed E-state index contributed by atoms with van der Waals surface area (Å²) in [5.41, 5.74) is 3.74. The van der Waals surface area contributed by atoms with Crippen LogP contribution in [0.5, 0.6) is 0 Å². The maximum atomic E-state index is 9.64. The van der Waals surface area contributed by atoms with E-state index in [4.69, 9.17) is 0 Å². The normalized spacial score (nSPS) is 20.2. The number of fused-ring (bicyclic) bond motifs is 2. The Kier molecular flexibility index (Phi) is 3.94. The van der Waals surface area contributed by atoms with Crippen molar-refractivity contribution in [2.75, 3.05) is 5.32 Å². The van der Waals surface area contributed by atoms with E-state index in [9.17, 15) is 5.11 Å². The van der Waals surface area contributed by atoms with Gasteiger partial charge in [0.25, 0.3) is 0 Å². The Hall–Kier alpha value is -3.06. The van der Waals surface area contributed by atoms with Gasteiger partial charge >= 0.3 is 0 Å². The number of aromatic nitrogens is 5. The van der Waals surface area contributed by atoms with Crippen LogP contribution < -0.4 is 5.32 Å². The molecular weight excluding hydrogens is 340 g/mol. The minimum Gasteiger partial charge on any atom is -0.393 e. The fourth-order valence-electron chi connectivity index (χ4n) is 3.73. The molecule has 4 aromatic heterocycles. The van der Waals surface area contributed by atoms with Crippen molar-refractivity contribution < 1.29 is 5.11 Å². The van der Waals surface area contributed by atoms with Crippen molar-refractivity contribution in [3.05, 3.63) is 49.1 Å². The second-order valence-electron chi connectivity index (χ2n) is 7.06. The Morgan fingerprint density at radius 3 is 2.81 bits per heavy atom. The standard InChI is InChI=1S/C20H20N6O/c27-16-5-3-15(4-6-16)24-20-23-12-18-17(7-9-26(18)25-20)14-10-13-2-1-8-21-19(13)22-11-14/h1-2,7-12,15-16,27H,3-6H2,(H,24,25). The lowest BCUT2D eigenvalue weighted by Gasteiger charge is -2.26. The summed E-state index contributed by atoms with van der Waals surface area (Å²) >= 11 is 0. The maximum Gasteiger partial charge on any atom is 0.241 e. The lowest BCUT2D eigenvalue weighted by Crippen LogP contribution is -2.29. The summed E-state index contributed by atoms with van der Waals surface area (Å²) in [5.74, 6) is 0.617. The number of aliphatic hydroxyl groups is 1. The average Bonchev–Trinajstić information content (AvgIpc) is 3.12. The SMILES string of the molecule is OC1CCC(Nc2ncc3c(-c4cnc5ncccc5c4)ccn3n2)CC1. The molecule has 0 amide bonds. The largest absolute Gasteiger partial charge is 0.393 e. The third kappa shape index (κ3) is 3.10. The zero-order valence-electron chi connectivity index (χ0n) is 14.8. The van der Waals surface area contributed by atoms with E-state index in [1.807, 2.05) is 41.3 Å². The number of hydrogen-bond acceptors (Lipinski definition) is 6. The Morgan fingerprint density at radius 2 is 1.93 bits per heavy atom. The van der Waals surface area contributed by atoms with Crippen molar-refractivity contribution in [3.8, 4) is 11.1 Å². The van der Waals surface area contributed by atoms with Crippen molar-refractivity contribution in [1.82, 2.24) is 24.6 Å². The number of pyridine rings is 2. The molecule has 5 rings (SSSR count). The Labute approximate surface area is 156 Å². The van der Waals surface area contributed by atoms with Crippen molar-refractivity contribution in [1.29, 1.82) is 0 Å². The predicted octanol–water partition coefficient (Wildman–Crippen LogP) is 3.05. The molecule has 1 aliphatic carbocycles. The molecule has 0 aromatic carbocycles. The fraction of sp³-hybridized carbons (Fsp3) is 0.300. The van der Waals surface area contributed by atoms with Gasteiger partial charge in [-0.1, -0.05) is 0 Å². The zero-order valence-corrected chi connectivity index (χ0v) is 14.8. The lowest BCUT2D eigenvalue weighted by molar-refractivity contribution is 0.126. The molecule has 0 aliphatic heterocycles. The van der Waals surface area contributed by atoms with Gasteiger partial charge in [-0.2, -0.15) is 0 Å². The number of anilines is 1. The van der Waals surface area contributed by atoms with E-state index in [2.05, 4.69) is 31.4 Å². The molecule has 4 heterocycles. The fourth-order valence-corrected chi connectivity index (χ4v) is 3.73. The summed E-state index contributed by atoms with van der Waals surface area (Å²) in [7, 11) is 0. The quantitative estimate of drug-likeness (QED) is 0.584. The van der Waals surface area contributed by atoms with Crippen molar-refractivity contribution >= 4 is 22.5 Å². The van der Waals surface area contributed by atoms with Crippen LogP contribution in [0.3, 0.4) is 0 Å². The molecule has 1 aliphatic rings. The molecule has 0 spiro atoms. The lowest BCUT2D eigenvalue weighted by atomic mass is 9.93. The topological polar surface area (TPSA) is 88.2 Å². The number of rotatable bonds is 3. The molecule has 4 aromatic rings. The number of nitrogens with zero attached hydrogens (tertiary/aromatic N) is 5. The first-order valence-electron chi connectivity index (χ1n) is 9.26. The van der Waals surface area contributed by atoms with Gasteiger partial charge in [0, 0.05) is 41.1 Å². The van der Waals surface area contributed by atoms with Crippen LogP contribution in [0.1, 0.15) is 25.7 Å². The summed E-state index contributed by atoms with van der Waals surface area (Å²) in [6.07, 6.45) is 10.7. The van der Waals surface area contributed by atoms with Crippen LogP contribution in [0.4, 0.5) is 5.95 Å². The molecule has 0 atom stereocenters. The Bertz CT molecular complexity index is 1100. The minimum atomic E-state index is -0.163. The summed E-state index contributed by atoms with van der Waals surface area (Å²) in [6, 6.07) is 8.36. The summed E-state index contributed by atoms with van der Waals surface area (Å²) in [6.45, 7) is 0. The summed E-state index contributed by atoms with van der Waals surface area (Å²) in [4.78, 5) is 13.2. The molecule has 0 radical (unpaired) electrons. The van der Waals surface area contributed by atoms with E-state index in [-0.39, 0.29) is 6.10 Å². The van der Waals surface area contributed by atoms with Gasteiger partial charge in [-0.15, -0.1) is 5.10 Å². The van der Waals surface area contributed by atoms with Crippen LogP contribution in [0.25, 0.3) is 27.7 Å². The highest BCUT2D eigenvalue weighted by Gasteiger charge is 2.20. The molecule has 2 N–H and O–H groups in total. The van der Waals surface area contributed by atoms with Crippen LogP contribution >= 0.6 is 0 Å². The first-order valence-corrected chi connectivity index (χ1v) is 9.26. The molecule has 0 bridgehead atoms. The second kappa shape index (κ2) is 6.59. The molecular formula is C20H20N6O. The molecule has 136 valence electrons. The van der Waals surface area contributed by atoms with Gasteiger partial charge in [-0.3, -0.25) is 0 Å². The van der Waals surface area contributed by atoms with Gasteiger partial charge in [0.2, 0.25) is 5.95 Å². The minimum absolute atomic E-state index is 0.163. The van der Waals surface area contributed by atoms with E-state index in [1.54, 1.807) is 6.20 Å². The molecule has 0 saturated heterocycles. The predicted molar refractivity (Wildman–Crippen MR) is 103 cm³/mol. The third-order valence-corrected chi connectivity index (χ3v) is 5.21. The summed E-state index contributed by atoms with van der Waals surface area (Å²) in [5, 5.41) is 18.6. The average molecular weight is 360 g/mol. The van der Waals surface area contributed by atoms with Crippen molar-refractivity contribution in [2.45, 2.75) is 37.8 Å². The summed E-state index contributed by atoms with van der Waals surface area (Å²) < 4.78 is 1.84. The van der Waals surface area contributed by atoms with Gasteiger partial charge in [0.05, 0.1) is 17.8 Å². The molecule has 27 heavy (non-hydrogen) atoms. The van der Waals surface area contributed by atoms with E-state index in [0.29, 0.717) is 12.0 Å². The van der Waals surface area contributed by atoms with Crippen molar-refractivity contribution in [3.63, 3.8) is 0 Å². The van der Waals surface area contributed by atoms with E-state index in [1.165, 1.54) is 0 Å². The van der Waals surface area contributed by atoms with Crippen LogP contribution in [0, 0.1) is 0 Å². The van der Waals surface area contributed by atoms with Gasteiger partial charge in [-0.05, 0) is 49.9 Å². The Balaban J connectivity index is 1.44. The number of hydrogen-bond donors (Lipinski definition) is 2. The van der Waals surface area contributed by atoms with Gasteiger partial charge in [0.15, 0.2) is 5.65 Å². The van der Waals surface area contributed by atoms with Gasteiger partial charge in [-0.25, -0.2) is 19.5 Å². The third-order valence-electron chi connectivity index (χ3n) is 5.21. The maximum absolute atomic E-state index is 9.64. The van der Waals surface area contributed by atoms with Crippen molar-refractivity contribution in [2.24, 2.45) is 0 Å². The van der Waals surface area contributed by atoms with Crippen LogP contribution in [-0.2, 0) is 0 Å². The number of aliphatic hydroxyl groups excluding tert-OH is 1. The highest BCUT2D eigenvalue weighted by atomic mass is 16.3. The molecule has 0 unspecified atom stereocenters. The van der Waals surface area contributed by atoms with Crippen LogP contribution in [0.15, 0.2) is 49.1 Å². The van der Waals surface area contributed by atoms with E-state index < -0.39 is 0 Å². The molecule has 7 nitrogen and oxygen atoms in total. The highest BCUT2D eigenvalue weighted by Crippen LogP contribution is 2.27. The second-order valence-corrected chi connectivity index (χ2v) is 7.06. The monoisotopic (exact) mass is 360 g/mol. The van der Waals surface area contributed by atoms with Gasteiger partial charge < -0.3 is 10.4 Å². The smallest absolute Gasteiger partial charge is 0.241 e. The highest BCUT2D eigenvalue weighted by molar-refractivity contribution is 5.86. The van der Waals surface area contributed by atoms with E-state index >= 15 is 0 Å². The van der Waals surface area contributed by atoms with Crippen LogP contribution in [-0.4, -0.2) is 41.8 Å². The van der Waals surface area contributed by atoms with E-state index in [0.717, 1.165) is 53.4 Å². The van der Waals surface area contributed by atoms with Gasteiger partial charge in [0.1, 0.15) is 0 Å². The molecule has 7 heteroatoms. The Morgan fingerprint density at radius 1 is 1.04 bits per heavy atom. The molecule has 1 saturated carbocycles. The zero-order chi connectivity index (χ0) is 18.2. The first kappa shape index (κ1) is 16.1. The number of nitrogens with one attached hydrogen (secondary N) is 1. The van der Waals surface area contributed by atoms with Crippen LogP contribution in [0.2, 0.25) is 0 Å². The first-order chi connectivity index (χ1) is 13.3.